The van der Waals surface area contributed by atoms with Crippen molar-refractivity contribution < 1.29 is 33.1 Å². The summed E-state index contributed by atoms with van der Waals surface area (Å²) >= 11 is 0. The summed E-state index contributed by atoms with van der Waals surface area (Å²) in [5, 5.41) is 9.39. The van der Waals surface area contributed by atoms with Crippen LogP contribution in [0.1, 0.15) is 20.3 Å². The van der Waals surface area contributed by atoms with Gasteiger partial charge in [-0.3, -0.25) is 0 Å². The Morgan fingerprint density at radius 2 is 1.57 bits per heavy atom. The summed E-state index contributed by atoms with van der Waals surface area (Å²) in [6.07, 6.45) is -0.198. The van der Waals surface area contributed by atoms with E-state index < -0.39 is 22.5 Å². The van der Waals surface area contributed by atoms with E-state index in [1.165, 1.54) is 0 Å². The zero-order chi connectivity index (χ0) is 11.4. The molecule has 2 unspecified atom stereocenters. The predicted octanol–water partition coefficient (Wildman–Crippen LogP) is 1.01. The summed E-state index contributed by atoms with van der Waals surface area (Å²) in [5.41, 5.74) is 0. The third-order valence-electron chi connectivity index (χ3n) is 1.11. The molecule has 0 aromatic carbocycles. The van der Waals surface area contributed by atoms with Gasteiger partial charge in [-0.05, 0) is 15.0 Å². The number of rotatable bonds is 6. The van der Waals surface area contributed by atoms with Crippen LogP contribution in [0.25, 0.3) is 0 Å². The van der Waals surface area contributed by atoms with Crippen molar-refractivity contribution in [1.82, 2.24) is 0 Å². The molecule has 9 heteroatoms. The normalized spacial score (nSPS) is 17.9. The van der Waals surface area contributed by atoms with Crippen molar-refractivity contribution in [3.05, 3.63) is 0 Å². The Morgan fingerprint density at radius 3 is 1.79 bits per heavy atom. The summed E-state index contributed by atoms with van der Waals surface area (Å²) < 4.78 is 28.8. The molecule has 0 aromatic rings. The minimum absolute atomic E-state index is 0.148. The summed E-state index contributed by atoms with van der Waals surface area (Å²) in [4.78, 5) is 16.8. The van der Waals surface area contributed by atoms with E-state index in [0.29, 0.717) is 0 Å². The van der Waals surface area contributed by atoms with Crippen LogP contribution in [0.3, 0.4) is 0 Å². The third kappa shape index (κ3) is 6.45. The maximum Gasteiger partial charge on any atom is 0.700 e. The van der Waals surface area contributed by atoms with Gasteiger partial charge in [-0.25, -0.2) is 0 Å². The number of hydrogen-bond acceptors (Lipinski definition) is 5. The second kappa shape index (κ2) is 5.78. The lowest BCUT2D eigenvalue weighted by Crippen LogP contribution is -2.33. The Hall–Kier alpha value is -0.0000000000000000763. The first kappa shape index (κ1) is 14.0. The van der Waals surface area contributed by atoms with Crippen LogP contribution in [0.4, 0.5) is 0 Å². The molecule has 0 heterocycles. The van der Waals surface area contributed by atoms with Gasteiger partial charge in [-0.2, -0.15) is 0 Å². The van der Waals surface area contributed by atoms with Gasteiger partial charge in [0.25, 0.3) is 0 Å². The highest BCUT2D eigenvalue weighted by Gasteiger charge is 2.48. The molecule has 14 heavy (non-hydrogen) atoms. The molecule has 0 saturated heterocycles. The monoisotopic (exact) mass is 246 g/mol. The average molecular weight is 246 g/mol. The fourth-order valence-corrected chi connectivity index (χ4v) is 1.62. The van der Waals surface area contributed by atoms with Crippen LogP contribution in [-0.2, 0) is 18.2 Å². The van der Waals surface area contributed by atoms with Crippen molar-refractivity contribution in [2.24, 2.45) is 5.92 Å². The van der Waals surface area contributed by atoms with E-state index in [0.717, 1.165) is 0 Å². The molecule has 0 aromatic heterocycles. The van der Waals surface area contributed by atoms with Gasteiger partial charge >= 0.3 is 22.5 Å². The van der Waals surface area contributed by atoms with E-state index in [-0.39, 0.29) is 12.3 Å². The lowest BCUT2D eigenvalue weighted by Gasteiger charge is -2.15. The Kier molecular flexibility index (Phi) is 5.78. The molecule has 0 radical (unpaired) electrons. The van der Waals surface area contributed by atoms with Crippen molar-refractivity contribution in [2.45, 2.75) is 26.2 Å². The Bertz CT molecular complexity index is 212. The zero-order valence-electron chi connectivity index (χ0n) is 7.65. The standard InChI is InChI=1S/C5H10O7P2/c1-4(2)3-5(6,11-13(7)8)12-14(9)10/h4,6H,3H2,1-2H3/p+2. The first-order valence-electron chi connectivity index (χ1n) is 3.68. The van der Waals surface area contributed by atoms with Crippen LogP contribution in [0.5, 0.6) is 0 Å². The molecule has 0 rings (SSSR count). The van der Waals surface area contributed by atoms with E-state index in [9.17, 15) is 14.2 Å². The summed E-state index contributed by atoms with van der Waals surface area (Å²) in [5.74, 6) is -2.65. The first-order chi connectivity index (χ1) is 6.25. The van der Waals surface area contributed by atoms with E-state index in [2.05, 4.69) is 9.05 Å². The topological polar surface area (TPSA) is 113 Å². The minimum Gasteiger partial charge on any atom is -0.337 e. The van der Waals surface area contributed by atoms with Gasteiger partial charge in [0.05, 0.1) is 0 Å². The molecule has 2 atom stereocenters. The Labute approximate surface area is 82.6 Å². The van der Waals surface area contributed by atoms with Crippen LogP contribution >= 0.6 is 16.5 Å². The van der Waals surface area contributed by atoms with Gasteiger partial charge in [0, 0.05) is 15.6 Å². The van der Waals surface area contributed by atoms with Gasteiger partial charge in [0.1, 0.15) is 0 Å². The number of hydrogen-bond donors (Lipinski definition) is 3. The van der Waals surface area contributed by atoms with Gasteiger partial charge < -0.3 is 5.11 Å². The fourth-order valence-electron chi connectivity index (χ4n) is 0.851. The largest absolute Gasteiger partial charge is 0.700 e. The van der Waals surface area contributed by atoms with E-state index in [1.807, 2.05) is 0 Å². The summed E-state index contributed by atoms with van der Waals surface area (Å²) in [6.45, 7) is 3.35. The van der Waals surface area contributed by atoms with Crippen LogP contribution < -0.4 is 0 Å². The lowest BCUT2D eigenvalue weighted by molar-refractivity contribution is -0.281. The molecule has 0 aliphatic heterocycles. The third-order valence-corrected chi connectivity index (χ3v) is 1.99. The minimum atomic E-state index is -3.11. The predicted molar refractivity (Wildman–Crippen MR) is 46.2 cm³/mol. The van der Waals surface area contributed by atoms with E-state index in [4.69, 9.17) is 9.79 Å². The van der Waals surface area contributed by atoms with Gasteiger partial charge in [0.2, 0.25) is 0 Å². The SMILES string of the molecule is CC(C)CC(O)(O[P+](=O)O)O[P+](=O)O. The van der Waals surface area contributed by atoms with Gasteiger partial charge in [-0.1, -0.05) is 13.8 Å². The van der Waals surface area contributed by atoms with E-state index >= 15 is 0 Å². The molecule has 0 fully saturated rings. The molecule has 0 spiro atoms. The molecular formula is C5H12O7P2+2. The second-order valence-corrected chi connectivity index (χ2v) is 4.29. The highest BCUT2D eigenvalue weighted by Crippen LogP contribution is 2.36. The fraction of sp³-hybridized carbons (Fsp3) is 1.00. The second-order valence-electron chi connectivity index (χ2n) is 2.97. The highest BCUT2D eigenvalue weighted by atomic mass is 31.1. The molecule has 82 valence electrons. The van der Waals surface area contributed by atoms with Gasteiger partial charge in [-0.15, -0.1) is 9.79 Å². The molecule has 0 amide bonds. The summed E-state index contributed by atoms with van der Waals surface area (Å²) in [6, 6.07) is 0. The highest BCUT2D eigenvalue weighted by molar-refractivity contribution is 7.33. The van der Waals surface area contributed by atoms with Crippen molar-refractivity contribution in [2.75, 3.05) is 0 Å². The van der Waals surface area contributed by atoms with Crippen molar-refractivity contribution in [3.8, 4) is 0 Å². The molecule has 0 aliphatic carbocycles. The van der Waals surface area contributed by atoms with Gasteiger partial charge in [0.15, 0.2) is 0 Å². The number of aliphatic hydroxyl groups is 1. The molecule has 0 aliphatic rings. The quantitative estimate of drug-likeness (QED) is 0.473. The molecule has 7 nitrogen and oxygen atoms in total. The zero-order valence-corrected chi connectivity index (χ0v) is 9.44. The Balaban J connectivity index is 4.48. The Morgan fingerprint density at radius 1 is 1.21 bits per heavy atom. The lowest BCUT2D eigenvalue weighted by atomic mass is 10.1. The summed E-state index contributed by atoms with van der Waals surface area (Å²) in [7, 11) is -6.23. The molecular weight excluding hydrogens is 234 g/mol. The molecule has 3 N–H and O–H groups in total. The van der Waals surface area contributed by atoms with Crippen LogP contribution in [0.15, 0.2) is 0 Å². The van der Waals surface area contributed by atoms with Crippen LogP contribution in [0, 0.1) is 5.92 Å². The first-order valence-corrected chi connectivity index (χ1v) is 5.94. The van der Waals surface area contributed by atoms with Crippen LogP contribution in [-0.4, -0.2) is 20.9 Å². The maximum atomic E-state index is 10.3. The average Bonchev–Trinajstić information content (AvgIpc) is 1.76. The maximum absolute atomic E-state index is 10.3. The smallest absolute Gasteiger partial charge is 0.337 e. The van der Waals surface area contributed by atoms with Crippen molar-refractivity contribution >= 4 is 16.5 Å². The molecule has 0 saturated carbocycles. The van der Waals surface area contributed by atoms with Crippen molar-refractivity contribution in [3.63, 3.8) is 0 Å². The molecule has 0 bridgehead atoms. The van der Waals surface area contributed by atoms with Crippen molar-refractivity contribution in [1.29, 1.82) is 0 Å². The van der Waals surface area contributed by atoms with Crippen LogP contribution in [0.2, 0.25) is 0 Å². The van der Waals surface area contributed by atoms with E-state index in [1.54, 1.807) is 13.8 Å².